The Kier molecular flexibility index (Phi) is 5.35. The number of benzene rings is 1. The Bertz CT molecular complexity index is 704. The van der Waals surface area contributed by atoms with E-state index in [-0.39, 0.29) is 18.3 Å². The molecule has 0 unspecified atom stereocenters. The van der Waals surface area contributed by atoms with E-state index in [4.69, 9.17) is 10.3 Å². The van der Waals surface area contributed by atoms with Gasteiger partial charge < -0.3 is 10.3 Å². The van der Waals surface area contributed by atoms with Gasteiger partial charge in [-0.05, 0) is 36.6 Å². The van der Waals surface area contributed by atoms with Crippen molar-refractivity contribution in [3.63, 3.8) is 0 Å². The lowest BCUT2D eigenvalue weighted by Crippen LogP contribution is -2.34. The van der Waals surface area contributed by atoms with Gasteiger partial charge in [-0.25, -0.2) is 0 Å². The Morgan fingerprint density at radius 1 is 1.08 bits per heavy atom. The molecule has 130 valence electrons. The highest BCUT2D eigenvalue weighted by atomic mass is 35.5. The molecule has 8 heteroatoms. The van der Waals surface area contributed by atoms with Crippen LogP contribution in [0.15, 0.2) is 28.8 Å². The summed E-state index contributed by atoms with van der Waals surface area (Å²) in [7, 11) is 0. The van der Waals surface area contributed by atoms with Gasteiger partial charge in [-0.1, -0.05) is 30.1 Å². The Labute approximate surface area is 143 Å². The van der Waals surface area contributed by atoms with Crippen molar-refractivity contribution in [1.82, 2.24) is 10.1 Å². The standard InChI is InChI=1S/C16H16F3N3O.ClH/c17-16(18,19)12-6-3-11(4-7-12)5-8-13-21-14(22-23-13)15(20)9-1-2-10-15;/h3-8H,1-2,9-10,20H2;1H/b8-5+;. The molecular formula is C16H17ClF3N3O. The van der Waals surface area contributed by atoms with Gasteiger partial charge in [0.15, 0.2) is 5.82 Å². The fraction of sp³-hybridized carbons (Fsp3) is 0.375. The van der Waals surface area contributed by atoms with Crippen molar-refractivity contribution in [2.24, 2.45) is 5.73 Å². The van der Waals surface area contributed by atoms with E-state index in [9.17, 15) is 13.2 Å². The fourth-order valence-corrected chi connectivity index (χ4v) is 2.69. The molecule has 1 aliphatic rings. The highest BCUT2D eigenvalue weighted by molar-refractivity contribution is 5.85. The largest absolute Gasteiger partial charge is 0.416 e. The summed E-state index contributed by atoms with van der Waals surface area (Å²) in [6, 6.07) is 4.84. The molecule has 1 aromatic carbocycles. The molecule has 1 heterocycles. The summed E-state index contributed by atoms with van der Waals surface area (Å²) < 4.78 is 42.6. The second-order valence-electron chi connectivity index (χ2n) is 5.77. The van der Waals surface area contributed by atoms with Gasteiger partial charge in [0.1, 0.15) is 0 Å². The van der Waals surface area contributed by atoms with Gasteiger partial charge in [-0.3, -0.25) is 0 Å². The lowest BCUT2D eigenvalue weighted by Gasteiger charge is -2.17. The van der Waals surface area contributed by atoms with Crippen LogP contribution in [0.4, 0.5) is 13.2 Å². The summed E-state index contributed by atoms with van der Waals surface area (Å²) in [6.07, 6.45) is 2.60. The van der Waals surface area contributed by atoms with E-state index >= 15 is 0 Å². The van der Waals surface area contributed by atoms with Gasteiger partial charge in [-0.2, -0.15) is 18.2 Å². The topological polar surface area (TPSA) is 64.9 Å². The van der Waals surface area contributed by atoms with Crippen LogP contribution in [0.5, 0.6) is 0 Å². The van der Waals surface area contributed by atoms with Crippen LogP contribution in [-0.2, 0) is 11.7 Å². The van der Waals surface area contributed by atoms with Gasteiger partial charge in [-0.15, -0.1) is 12.4 Å². The molecule has 1 aliphatic carbocycles. The number of aromatic nitrogens is 2. The first-order chi connectivity index (χ1) is 10.9. The maximum absolute atomic E-state index is 12.5. The van der Waals surface area contributed by atoms with Crippen molar-refractivity contribution >= 4 is 24.6 Å². The normalized spacial score (nSPS) is 17.2. The van der Waals surface area contributed by atoms with E-state index < -0.39 is 17.3 Å². The predicted octanol–water partition coefficient (Wildman–Crippen LogP) is 4.41. The van der Waals surface area contributed by atoms with Crippen molar-refractivity contribution in [3.05, 3.63) is 47.1 Å². The summed E-state index contributed by atoms with van der Waals surface area (Å²) >= 11 is 0. The molecule has 4 nitrogen and oxygen atoms in total. The second kappa shape index (κ2) is 6.94. The maximum Gasteiger partial charge on any atom is 0.416 e. The first kappa shape index (κ1) is 18.5. The van der Waals surface area contributed by atoms with Crippen LogP contribution in [-0.4, -0.2) is 10.1 Å². The van der Waals surface area contributed by atoms with Crippen molar-refractivity contribution in [2.75, 3.05) is 0 Å². The van der Waals surface area contributed by atoms with Crippen molar-refractivity contribution in [2.45, 2.75) is 37.4 Å². The lowest BCUT2D eigenvalue weighted by atomic mass is 9.99. The minimum absolute atomic E-state index is 0. The third kappa shape index (κ3) is 3.96. The van der Waals surface area contributed by atoms with Gasteiger partial charge in [0.2, 0.25) is 0 Å². The van der Waals surface area contributed by atoms with E-state index in [0.29, 0.717) is 11.4 Å². The van der Waals surface area contributed by atoms with Gasteiger partial charge >= 0.3 is 6.18 Å². The minimum atomic E-state index is -4.33. The molecule has 1 fully saturated rings. The van der Waals surface area contributed by atoms with Crippen LogP contribution in [0, 0.1) is 0 Å². The number of hydrogen-bond acceptors (Lipinski definition) is 4. The number of hydrogen-bond donors (Lipinski definition) is 1. The van der Waals surface area contributed by atoms with Gasteiger partial charge in [0, 0.05) is 6.08 Å². The fourth-order valence-electron chi connectivity index (χ4n) is 2.69. The van der Waals surface area contributed by atoms with E-state index in [0.717, 1.165) is 37.8 Å². The lowest BCUT2D eigenvalue weighted by molar-refractivity contribution is -0.137. The van der Waals surface area contributed by atoms with Gasteiger partial charge in [0.25, 0.3) is 5.89 Å². The molecule has 0 spiro atoms. The quantitative estimate of drug-likeness (QED) is 0.881. The summed E-state index contributed by atoms with van der Waals surface area (Å²) in [4.78, 5) is 4.27. The average molecular weight is 360 g/mol. The number of alkyl halides is 3. The molecule has 3 rings (SSSR count). The van der Waals surface area contributed by atoms with Crippen LogP contribution in [0.1, 0.15) is 48.5 Å². The Morgan fingerprint density at radius 2 is 1.71 bits per heavy atom. The zero-order valence-electron chi connectivity index (χ0n) is 12.7. The Hall–Kier alpha value is -1.86. The van der Waals surface area contributed by atoms with Crippen LogP contribution < -0.4 is 5.73 Å². The minimum Gasteiger partial charge on any atom is -0.335 e. The Morgan fingerprint density at radius 3 is 2.29 bits per heavy atom. The number of rotatable bonds is 3. The zero-order chi connectivity index (χ0) is 16.5. The molecule has 2 N–H and O–H groups in total. The number of nitrogens with zero attached hydrogens (tertiary/aromatic N) is 2. The predicted molar refractivity (Wildman–Crippen MR) is 86.3 cm³/mol. The first-order valence-corrected chi connectivity index (χ1v) is 7.35. The number of halogens is 4. The first-order valence-electron chi connectivity index (χ1n) is 7.35. The molecule has 0 bridgehead atoms. The molecule has 0 amide bonds. The monoisotopic (exact) mass is 359 g/mol. The van der Waals surface area contributed by atoms with Crippen molar-refractivity contribution in [3.8, 4) is 0 Å². The summed E-state index contributed by atoms with van der Waals surface area (Å²) in [5, 5.41) is 3.92. The highest BCUT2D eigenvalue weighted by Crippen LogP contribution is 2.34. The van der Waals surface area contributed by atoms with E-state index in [1.165, 1.54) is 12.1 Å². The summed E-state index contributed by atoms with van der Waals surface area (Å²) in [5.74, 6) is 0.777. The zero-order valence-corrected chi connectivity index (χ0v) is 13.5. The SMILES string of the molecule is Cl.NC1(c2noc(/C=C/c3ccc(C(F)(F)F)cc3)n2)CCCC1. The molecule has 0 atom stereocenters. The third-order valence-corrected chi connectivity index (χ3v) is 4.04. The summed E-state index contributed by atoms with van der Waals surface area (Å²) in [5.41, 5.74) is 5.65. The molecule has 1 saturated carbocycles. The molecule has 24 heavy (non-hydrogen) atoms. The van der Waals surface area contributed by atoms with Crippen molar-refractivity contribution < 1.29 is 17.7 Å². The molecule has 0 aliphatic heterocycles. The average Bonchev–Trinajstić information content (AvgIpc) is 3.14. The van der Waals surface area contributed by atoms with E-state index in [1.807, 2.05) is 0 Å². The highest BCUT2D eigenvalue weighted by Gasteiger charge is 2.35. The van der Waals surface area contributed by atoms with Gasteiger partial charge in [0.05, 0.1) is 11.1 Å². The molecule has 0 radical (unpaired) electrons. The maximum atomic E-state index is 12.5. The van der Waals surface area contributed by atoms with E-state index in [1.54, 1.807) is 12.2 Å². The second-order valence-corrected chi connectivity index (χ2v) is 5.77. The Balaban J connectivity index is 0.00000208. The smallest absolute Gasteiger partial charge is 0.335 e. The molecule has 0 saturated heterocycles. The summed E-state index contributed by atoms with van der Waals surface area (Å²) in [6.45, 7) is 0. The molecular weight excluding hydrogens is 343 g/mol. The van der Waals surface area contributed by atoms with Crippen LogP contribution >= 0.6 is 12.4 Å². The van der Waals surface area contributed by atoms with Crippen LogP contribution in [0.2, 0.25) is 0 Å². The molecule has 1 aromatic heterocycles. The van der Waals surface area contributed by atoms with Crippen molar-refractivity contribution in [1.29, 1.82) is 0 Å². The van der Waals surface area contributed by atoms with Crippen LogP contribution in [0.25, 0.3) is 12.2 Å². The molecule has 2 aromatic rings. The van der Waals surface area contributed by atoms with E-state index in [2.05, 4.69) is 10.1 Å². The van der Waals surface area contributed by atoms with Crippen LogP contribution in [0.3, 0.4) is 0 Å². The third-order valence-electron chi connectivity index (χ3n) is 4.04. The number of nitrogens with two attached hydrogens (primary N) is 1.